The van der Waals surface area contributed by atoms with Crippen molar-refractivity contribution in [2.24, 2.45) is 0 Å². The number of ether oxygens (including phenoxy) is 1. The van der Waals surface area contributed by atoms with Crippen molar-refractivity contribution in [3.05, 3.63) is 64.2 Å². The summed E-state index contributed by atoms with van der Waals surface area (Å²) in [5, 5.41) is 0. The lowest BCUT2D eigenvalue weighted by Gasteiger charge is -2.09. The van der Waals surface area contributed by atoms with Crippen molar-refractivity contribution in [1.82, 2.24) is 0 Å². The van der Waals surface area contributed by atoms with E-state index in [9.17, 15) is 4.79 Å². The van der Waals surface area contributed by atoms with Gasteiger partial charge >= 0.3 is 0 Å². The molecule has 0 atom stereocenters. The molecule has 0 amide bonds. The second kappa shape index (κ2) is 4.54. The highest BCUT2D eigenvalue weighted by Gasteiger charge is 2.22. The average molecular weight is 252 g/mol. The third-order valence-electron chi connectivity index (χ3n) is 3.60. The van der Waals surface area contributed by atoms with Crippen LogP contribution in [-0.4, -0.2) is 12.4 Å². The van der Waals surface area contributed by atoms with Gasteiger partial charge in [-0.05, 0) is 37.1 Å². The zero-order chi connectivity index (χ0) is 13.4. The van der Waals surface area contributed by atoms with Gasteiger partial charge in [0.2, 0.25) is 0 Å². The normalized spacial score (nSPS) is 12.9. The van der Waals surface area contributed by atoms with E-state index in [4.69, 9.17) is 4.74 Å². The molecule has 2 aromatic carbocycles. The average Bonchev–Trinajstić information content (AvgIpc) is 2.89. The Kier molecular flexibility index (Phi) is 2.86. The highest BCUT2D eigenvalue weighted by atomic mass is 16.5. The Hall–Kier alpha value is -2.09. The Labute approximate surface area is 113 Å². The molecule has 3 rings (SSSR count). The SMILES string of the molecule is Cc1ccc(C)c(C(=O)c2cccc3c2OCC3)c1. The minimum atomic E-state index is 0.0555. The van der Waals surface area contributed by atoms with Crippen LogP contribution < -0.4 is 4.74 Å². The molecule has 19 heavy (non-hydrogen) atoms. The Balaban J connectivity index is 2.10. The van der Waals surface area contributed by atoms with Gasteiger partial charge in [0.15, 0.2) is 5.78 Å². The van der Waals surface area contributed by atoms with Crippen molar-refractivity contribution < 1.29 is 9.53 Å². The number of carbonyl (C=O) groups excluding carboxylic acids is 1. The second-order valence-electron chi connectivity index (χ2n) is 5.04. The lowest BCUT2D eigenvalue weighted by atomic mass is 9.95. The van der Waals surface area contributed by atoms with Crippen LogP contribution in [0.1, 0.15) is 32.6 Å². The van der Waals surface area contributed by atoms with Crippen LogP contribution in [0, 0.1) is 13.8 Å². The fourth-order valence-electron chi connectivity index (χ4n) is 2.52. The van der Waals surface area contributed by atoms with E-state index < -0.39 is 0 Å². The number of rotatable bonds is 2. The number of aryl methyl sites for hydroxylation is 2. The van der Waals surface area contributed by atoms with Crippen LogP contribution in [0.25, 0.3) is 0 Å². The predicted octanol–water partition coefficient (Wildman–Crippen LogP) is 3.47. The third kappa shape index (κ3) is 2.03. The van der Waals surface area contributed by atoms with Crippen molar-refractivity contribution in [2.45, 2.75) is 20.3 Å². The molecule has 0 aromatic heterocycles. The van der Waals surface area contributed by atoms with Gasteiger partial charge in [0.25, 0.3) is 0 Å². The minimum absolute atomic E-state index is 0.0555. The second-order valence-corrected chi connectivity index (χ2v) is 5.04. The molecule has 2 nitrogen and oxygen atoms in total. The van der Waals surface area contributed by atoms with Crippen molar-refractivity contribution >= 4 is 5.78 Å². The van der Waals surface area contributed by atoms with Gasteiger partial charge in [0.05, 0.1) is 12.2 Å². The van der Waals surface area contributed by atoms with Crippen molar-refractivity contribution in [1.29, 1.82) is 0 Å². The lowest BCUT2D eigenvalue weighted by molar-refractivity contribution is 0.103. The largest absolute Gasteiger partial charge is 0.492 e. The van der Waals surface area contributed by atoms with E-state index in [0.29, 0.717) is 12.2 Å². The molecule has 1 aliphatic heterocycles. The van der Waals surface area contributed by atoms with Gasteiger partial charge in [0, 0.05) is 12.0 Å². The van der Waals surface area contributed by atoms with Crippen molar-refractivity contribution in [3.63, 3.8) is 0 Å². The summed E-state index contributed by atoms with van der Waals surface area (Å²) in [5.41, 5.74) is 4.69. The Morgan fingerprint density at radius 3 is 2.79 bits per heavy atom. The molecule has 0 fully saturated rings. The highest BCUT2D eigenvalue weighted by Crippen LogP contribution is 2.31. The number of benzene rings is 2. The molecule has 1 aliphatic rings. The summed E-state index contributed by atoms with van der Waals surface area (Å²) in [6.07, 6.45) is 0.892. The molecule has 0 radical (unpaired) electrons. The van der Waals surface area contributed by atoms with Crippen LogP contribution in [0.2, 0.25) is 0 Å². The van der Waals surface area contributed by atoms with E-state index in [1.165, 1.54) is 0 Å². The smallest absolute Gasteiger partial charge is 0.197 e. The van der Waals surface area contributed by atoms with Crippen molar-refractivity contribution in [3.8, 4) is 5.75 Å². The maximum absolute atomic E-state index is 12.7. The minimum Gasteiger partial charge on any atom is -0.492 e. The fourth-order valence-corrected chi connectivity index (χ4v) is 2.52. The number of hydrogen-bond donors (Lipinski definition) is 0. The molecule has 0 aliphatic carbocycles. The molecule has 0 saturated carbocycles. The predicted molar refractivity (Wildman–Crippen MR) is 75.0 cm³/mol. The van der Waals surface area contributed by atoms with E-state index in [1.807, 2.05) is 50.2 Å². The monoisotopic (exact) mass is 252 g/mol. The zero-order valence-corrected chi connectivity index (χ0v) is 11.2. The Bertz CT molecular complexity index is 656. The zero-order valence-electron chi connectivity index (χ0n) is 11.2. The first kappa shape index (κ1) is 12.0. The van der Waals surface area contributed by atoms with E-state index >= 15 is 0 Å². The lowest BCUT2D eigenvalue weighted by Crippen LogP contribution is -2.06. The van der Waals surface area contributed by atoms with Crippen LogP contribution in [0.5, 0.6) is 5.75 Å². The maximum Gasteiger partial charge on any atom is 0.197 e. The van der Waals surface area contributed by atoms with Crippen LogP contribution in [0.3, 0.4) is 0 Å². The first-order chi connectivity index (χ1) is 9.16. The van der Waals surface area contributed by atoms with Gasteiger partial charge in [-0.15, -0.1) is 0 Å². The molecule has 0 saturated heterocycles. The van der Waals surface area contributed by atoms with E-state index in [0.717, 1.165) is 34.4 Å². The standard InChI is InChI=1S/C17H16O2/c1-11-6-7-12(2)15(10-11)16(18)14-5-3-4-13-8-9-19-17(13)14/h3-7,10H,8-9H2,1-2H3. The molecule has 2 heteroatoms. The summed E-state index contributed by atoms with van der Waals surface area (Å²) in [6, 6.07) is 11.8. The van der Waals surface area contributed by atoms with Gasteiger partial charge in [-0.25, -0.2) is 0 Å². The van der Waals surface area contributed by atoms with E-state index in [-0.39, 0.29) is 5.78 Å². The Morgan fingerprint density at radius 2 is 1.95 bits per heavy atom. The molecule has 0 bridgehead atoms. The molecule has 2 aromatic rings. The van der Waals surface area contributed by atoms with E-state index in [2.05, 4.69) is 0 Å². The van der Waals surface area contributed by atoms with Gasteiger partial charge in [-0.3, -0.25) is 4.79 Å². The van der Waals surface area contributed by atoms with Gasteiger partial charge in [-0.1, -0.05) is 29.8 Å². The summed E-state index contributed by atoms with van der Waals surface area (Å²) in [6.45, 7) is 4.64. The van der Waals surface area contributed by atoms with Gasteiger partial charge in [-0.2, -0.15) is 0 Å². The number of carbonyl (C=O) groups is 1. The number of para-hydroxylation sites is 1. The number of hydrogen-bond acceptors (Lipinski definition) is 2. The third-order valence-corrected chi connectivity index (χ3v) is 3.60. The fraction of sp³-hybridized carbons (Fsp3) is 0.235. The molecule has 0 spiro atoms. The van der Waals surface area contributed by atoms with Crippen LogP contribution in [-0.2, 0) is 6.42 Å². The summed E-state index contributed by atoms with van der Waals surface area (Å²) < 4.78 is 5.62. The highest BCUT2D eigenvalue weighted by molar-refractivity contribution is 6.12. The first-order valence-corrected chi connectivity index (χ1v) is 6.53. The molecular formula is C17H16O2. The topological polar surface area (TPSA) is 26.3 Å². The number of ketones is 1. The quantitative estimate of drug-likeness (QED) is 0.765. The molecular weight excluding hydrogens is 236 g/mol. The van der Waals surface area contributed by atoms with Crippen LogP contribution in [0.15, 0.2) is 36.4 Å². The van der Waals surface area contributed by atoms with Crippen LogP contribution >= 0.6 is 0 Å². The molecule has 1 heterocycles. The van der Waals surface area contributed by atoms with Crippen LogP contribution in [0.4, 0.5) is 0 Å². The molecule has 0 N–H and O–H groups in total. The summed E-state index contributed by atoms with van der Waals surface area (Å²) in [4.78, 5) is 12.7. The van der Waals surface area contributed by atoms with Crippen molar-refractivity contribution in [2.75, 3.05) is 6.61 Å². The van der Waals surface area contributed by atoms with Gasteiger partial charge < -0.3 is 4.74 Å². The Morgan fingerprint density at radius 1 is 1.11 bits per heavy atom. The molecule has 0 unspecified atom stereocenters. The number of fused-ring (bicyclic) bond motifs is 1. The van der Waals surface area contributed by atoms with E-state index in [1.54, 1.807) is 0 Å². The summed E-state index contributed by atoms with van der Waals surface area (Å²) in [7, 11) is 0. The van der Waals surface area contributed by atoms with Gasteiger partial charge in [0.1, 0.15) is 5.75 Å². The first-order valence-electron chi connectivity index (χ1n) is 6.53. The summed E-state index contributed by atoms with van der Waals surface area (Å²) in [5.74, 6) is 0.827. The summed E-state index contributed by atoms with van der Waals surface area (Å²) >= 11 is 0. The molecule has 96 valence electrons. The maximum atomic E-state index is 12.7.